The summed E-state index contributed by atoms with van der Waals surface area (Å²) in [4.78, 5) is 8.79. The maximum absolute atomic E-state index is 12.9. The number of aryl methyl sites for hydroxylation is 2. The molecule has 0 spiro atoms. The van der Waals surface area contributed by atoms with E-state index in [-0.39, 0.29) is 28.2 Å². The molecule has 3 aromatic rings. The van der Waals surface area contributed by atoms with Crippen molar-refractivity contribution in [3.8, 4) is 5.75 Å². The minimum atomic E-state index is -4.87. The molecule has 0 saturated carbocycles. The summed E-state index contributed by atoms with van der Waals surface area (Å²) in [5.74, 6) is 1.27. The summed E-state index contributed by atoms with van der Waals surface area (Å²) in [5, 5.41) is 6.61. The number of benzene rings is 2. The molecule has 1 fully saturated rings. The van der Waals surface area contributed by atoms with Gasteiger partial charge in [-0.3, -0.25) is 0 Å². The van der Waals surface area contributed by atoms with E-state index in [1.54, 1.807) is 0 Å². The molecule has 43 heavy (non-hydrogen) atoms. The molecule has 0 radical (unpaired) electrons. The minimum Gasteiger partial charge on any atom is -0.406 e. The van der Waals surface area contributed by atoms with Crippen LogP contribution >= 0.6 is 18.7 Å². The first-order valence-electron chi connectivity index (χ1n) is 14.3. The van der Waals surface area contributed by atoms with Gasteiger partial charge in [-0.05, 0) is 105 Å². The maximum atomic E-state index is 12.9. The lowest BCUT2D eigenvalue weighted by Crippen LogP contribution is -2.19. The molecule has 0 bridgehead atoms. The number of aromatic nitrogens is 2. The Balaban J connectivity index is 1.28. The zero-order valence-corrected chi connectivity index (χ0v) is 25.7. The molecule has 1 saturated heterocycles. The van der Waals surface area contributed by atoms with E-state index in [1.807, 2.05) is 6.07 Å². The first kappa shape index (κ1) is 31.6. The molecule has 2 aromatic carbocycles. The van der Waals surface area contributed by atoms with E-state index < -0.39 is 19.3 Å². The largest absolute Gasteiger partial charge is 0.573 e. The molecule has 4 N–H and O–H groups in total. The predicted molar refractivity (Wildman–Crippen MR) is 164 cm³/mol. The molecule has 8 nitrogen and oxygen atoms in total. The summed E-state index contributed by atoms with van der Waals surface area (Å²) in [6.45, 7) is 4.32. The number of alkyl halides is 3. The van der Waals surface area contributed by atoms with Crippen molar-refractivity contribution in [1.29, 1.82) is 0 Å². The van der Waals surface area contributed by atoms with Gasteiger partial charge in [0, 0.05) is 24.1 Å². The summed E-state index contributed by atoms with van der Waals surface area (Å²) in [6.07, 6.45) is 3.30. The van der Waals surface area contributed by atoms with Crippen molar-refractivity contribution in [2.45, 2.75) is 51.0 Å². The van der Waals surface area contributed by atoms with Crippen molar-refractivity contribution in [2.24, 2.45) is 17.6 Å². The van der Waals surface area contributed by atoms with E-state index in [0.717, 1.165) is 56.5 Å². The lowest BCUT2D eigenvalue weighted by Gasteiger charge is -2.18. The molecule has 13 heteroatoms. The summed E-state index contributed by atoms with van der Waals surface area (Å²) >= 11 is 6.37. The number of rotatable bonds is 9. The first-order chi connectivity index (χ1) is 20.4. The highest BCUT2D eigenvalue weighted by Gasteiger charge is 2.32. The van der Waals surface area contributed by atoms with Gasteiger partial charge in [0.1, 0.15) is 17.9 Å². The molecular formula is C30H36ClF3N5O3P. The van der Waals surface area contributed by atoms with Crippen LogP contribution in [-0.2, 0) is 22.1 Å². The van der Waals surface area contributed by atoms with Crippen molar-refractivity contribution >= 4 is 47.2 Å². The van der Waals surface area contributed by atoms with Crippen LogP contribution < -0.4 is 26.4 Å². The highest BCUT2D eigenvalue weighted by Crippen LogP contribution is 2.41. The van der Waals surface area contributed by atoms with E-state index in [9.17, 15) is 17.7 Å². The Kier molecular flexibility index (Phi) is 9.56. The monoisotopic (exact) mass is 637 g/mol. The van der Waals surface area contributed by atoms with E-state index in [4.69, 9.17) is 22.1 Å². The van der Waals surface area contributed by atoms with E-state index in [0.29, 0.717) is 24.1 Å². The average Bonchev–Trinajstić information content (AvgIpc) is 3.30. The van der Waals surface area contributed by atoms with E-state index >= 15 is 0 Å². The van der Waals surface area contributed by atoms with Gasteiger partial charge in [0.05, 0.1) is 18.0 Å². The first-order valence-corrected chi connectivity index (χ1v) is 17.3. The summed E-state index contributed by atoms with van der Waals surface area (Å²) in [5.41, 5.74) is 9.57. The molecule has 0 amide bonds. The molecule has 2 heterocycles. The number of ether oxygens (including phenoxy) is 2. The smallest absolute Gasteiger partial charge is 0.406 e. The van der Waals surface area contributed by atoms with Crippen LogP contribution in [0.15, 0.2) is 42.6 Å². The van der Waals surface area contributed by atoms with Crippen molar-refractivity contribution in [1.82, 2.24) is 9.97 Å². The number of nitrogens with zero attached hydrogens (tertiary/aromatic N) is 2. The molecule has 1 aromatic heterocycles. The number of nitrogens with two attached hydrogens (primary N) is 1. The molecule has 1 aliphatic heterocycles. The standard InChI is InChI=1S/C30H36ClF3N5O3P/c1-43(2,40)27-14-23(42-30(32,33)34)9-10-26(27)38-28-25(31)16-36-29(39-28)37-22-8-7-20-5-3-18(4-6-21(20)13-22)11-19-12-24(15-35)41-17-19/h7-10,13-14,16,18-19,24H,3-6,11-12,15,17,35H2,1-2H3,(H2,36,37,38,39)/t18-,19-,24-/m0/s1. The Labute approximate surface area is 254 Å². The van der Waals surface area contributed by atoms with Gasteiger partial charge in [0.25, 0.3) is 0 Å². The van der Waals surface area contributed by atoms with Crippen LogP contribution in [0.4, 0.5) is 36.3 Å². The van der Waals surface area contributed by atoms with Crippen LogP contribution in [-0.4, -0.2) is 48.9 Å². The highest BCUT2D eigenvalue weighted by molar-refractivity contribution is 7.70. The van der Waals surface area contributed by atoms with Crippen molar-refractivity contribution in [3.63, 3.8) is 0 Å². The second kappa shape index (κ2) is 13.0. The normalized spacial score (nSPS) is 20.8. The molecule has 5 rings (SSSR count). The topological polar surface area (TPSA) is 111 Å². The molecular weight excluding hydrogens is 602 g/mol. The van der Waals surface area contributed by atoms with Gasteiger partial charge < -0.3 is 30.4 Å². The van der Waals surface area contributed by atoms with Gasteiger partial charge in [-0.1, -0.05) is 17.7 Å². The van der Waals surface area contributed by atoms with Gasteiger partial charge >= 0.3 is 6.36 Å². The van der Waals surface area contributed by atoms with E-state index in [2.05, 4.69) is 37.5 Å². The molecule has 232 valence electrons. The van der Waals surface area contributed by atoms with Gasteiger partial charge in [-0.2, -0.15) is 4.98 Å². The number of halogens is 4. The Morgan fingerprint density at radius 2 is 1.86 bits per heavy atom. The zero-order valence-electron chi connectivity index (χ0n) is 24.1. The van der Waals surface area contributed by atoms with Crippen molar-refractivity contribution < 1.29 is 27.2 Å². The minimum absolute atomic E-state index is 0.169. The average molecular weight is 638 g/mol. The molecule has 2 aliphatic rings. The van der Waals surface area contributed by atoms with Crippen molar-refractivity contribution in [3.05, 3.63) is 58.7 Å². The number of hydrogen-bond donors (Lipinski definition) is 3. The lowest BCUT2D eigenvalue weighted by atomic mass is 9.87. The third kappa shape index (κ3) is 8.41. The van der Waals surface area contributed by atoms with Crippen LogP contribution in [0.2, 0.25) is 5.02 Å². The Hall–Kier alpha value is -2.85. The maximum Gasteiger partial charge on any atom is 0.573 e. The molecule has 3 atom stereocenters. The third-order valence-corrected chi connectivity index (χ3v) is 9.79. The van der Waals surface area contributed by atoms with Crippen LogP contribution in [0.25, 0.3) is 0 Å². The summed E-state index contributed by atoms with van der Waals surface area (Å²) in [6, 6.07) is 9.90. The second-order valence-corrected chi connectivity index (χ2v) is 15.3. The van der Waals surface area contributed by atoms with Crippen molar-refractivity contribution in [2.75, 3.05) is 37.1 Å². The third-order valence-electron chi connectivity index (χ3n) is 7.98. The Bertz CT molecular complexity index is 1500. The Morgan fingerprint density at radius 1 is 1.09 bits per heavy atom. The molecule has 1 aliphatic carbocycles. The fraction of sp³-hybridized carbons (Fsp3) is 0.467. The lowest BCUT2D eigenvalue weighted by molar-refractivity contribution is -0.274. The number of fused-ring (bicyclic) bond motifs is 1. The van der Waals surface area contributed by atoms with Gasteiger partial charge in [-0.25, -0.2) is 4.98 Å². The summed E-state index contributed by atoms with van der Waals surface area (Å²) < 4.78 is 61.1. The zero-order chi connectivity index (χ0) is 30.8. The number of anilines is 4. The van der Waals surface area contributed by atoms with Gasteiger partial charge in [0.15, 0.2) is 5.82 Å². The predicted octanol–water partition coefficient (Wildman–Crippen LogP) is 7.01. The van der Waals surface area contributed by atoms with Crippen LogP contribution in [0, 0.1) is 11.8 Å². The fourth-order valence-corrected chi connectivity index (χ4v) is 7.18. The SMILES string of the molecule is CP(C)(=O)c1cc(OC(F)(F)F)ccc1Nc1nc(Nc2ccc3c(c2)CC[C@@H](C[C@@H]2CO[C@H](CN)C2)CC3)ncc1Cl. The van der Waals surface area contributed by atoms with Crippen LogP contribution in [0.1, 0.15) is 36.8 Å². The highest BCUT2D eigenvalue weighted by atomic mass is 35.5. The van der Waals surface area contributed by atoms with Crippen LogP contribution in [0.3, 0.4) is 0 Å². The van der Waals surface area contributed by atoms with Gasteiger partial charge in [0.2, 0.25) is 5.95 Å². The number of nitrogens with one attached hydrogen (secondary N) is 2. The Morgan fingerprint density at radius 3 is 2.56 bits per heavy atom. The number of hydrogen-bond acceptors (Lipinski definition) is 8. The van der Waals surface area contributed by atoms with Gasteiger partial charge in [-0.15, -0.1) is 13.2 Å². The molecule has 0 unspecified atom stereocenters. The van der Waals surface area contributed by atoms with E-state index in [1.165, 1.54) is 43.1 Å². The quantitative estimate of drug-likeness (QED) is 0.170. The fourth-order valence-electron chi connectivity index (χ4n) is 5.89. The van der Waals surface area contributed by atoms with Crippen LogP contribution in [0.5, 0.6) is 5.75 Å². The summed E-state index contributed by atoms with van der Waals surface area (Å²) in [7, 11) is -3.02. The second-order valence-electron chi connectivity index (χ2n) is 11.7.